The number of rotatable bonds is 4. The van der Waals surface area contributed by atoms with Crippen LogP contribution in [0.3, 0.4) is 0 Å². The molecule has 20 heavy (non-hydrogen) atoms. The Morgan fingerprint density at radius 3 is 2.80 bits per heavy atom. The molecule has 0 saturated carbocycles. The highest BCUT2D eigenvalue weighted by molar-refractivity contribution is 7.81. The van der Waals surface area contributed by atoms with E-state index in [9.17, 15) is 0 Å². The molecule has 1 atom stereocenters. The van der Waals surface area contributed by atoms with Gasteiger partial charge in [0, 0.05) is 6.04 Å². The molecule has 7 heteroatoms. The quantitative estimate of drug-likeness (QED) is 0.827. The lowest BCUT2D eigenvalue weighted by Gasteiger charge is -2.16. The van der Waals surface area contributed by atoms with Gasteiger partial charge in [-0.15, -0.1) is 0 Å². The molecule has 0 aliphatic carbocycles. The highest BCUT2D eigenvalue weighted by Crippen LogP contribution is 2.29. The summed E-state index contributed by atoms with van der Waals surface area (Å²) >= 11 is 18.4. The van der Waals surface area contributed by atoms with Crippen molar-refractivity contribution in [2.24, 2.45) is 0 Å². The molecule has 0 bridgehead atoms. The van der Waals surface area contributed by atoms with Crippen LogP contribution >= 0.6 is 47.0 Å². The Kier molecular flexibility index (Phi) is 5.21. The Hall–Kier alpha value is -0.880. The standard InChI is InChI=1S/C13H12Cl2N2OS2/c1-7(8-4-3-5-9(6-8)18-2)16-13(19)11-10(14)12(15)17-20-11/h3-7H,1-2H3,(H,16,19)/t7-/m1/s1. The van der Waals surface area contributed by atoms with Gasteiger partial charge >= 0.3 is 0 Å². The van der Waals surface area contributed by atoms with E-state index < -0.39 is 0 Å². The number of thiocarbonyl (C=S) groups is 1. The van der Waals surface area contributed by atoms with Crippen LogP contribution in [0.25, 0.3) is 0 Å². The molecule has 1 aromatic carbocycles. The summed E-state index contributed by atoms with van der Waals surface area (Å²) < 4.78 is 9.18. The maximum absolute atomic E-state index is 6.05. The van der Waals surface area contributed by atoms with E-state index in [1.54, 1.807) is 7.11 Å². The lowest BCUT2D eigenvalue weighted by molar-refractivity contribution is 0.414. The Labute approximate surface area is 137 Å². The molecule has 0 amide bonds. The lowest BCUT2D eigenvalue weighted by atomic mass is 10.1. The van der Waals surface area contributed by atoms with Crippen molar-refractivity contribution in [3.05, 3.63) is 44.9 Å². The zero-order valence-corrected chi connectivity index (χ0v) is 14.0. The van der Waals surface area contributed by atoms with Crippen LogP contribution in [0, 0.1) is 0 Å². The van der Waals surface area contributed by atoms with Crippen molar-refractivity contribution in [1.82, 2.24) is 9.69 Å². The highest BCUT2D eigenvalue weighted by atomic mass is 35.5. The Balaban J connectivity index is 2.12. The second-order valence-electron chi connectivity index (χ2n) is 4.09. The minimum atomic E-state index is 0.0227. The second kappa shape index (κ2) is 6.72. The maximum Gasteiger partial charge on any atom is 0.162 e. The van der Waals surface area contributed by atoms with Gasteiger partial charge in [-0.1, -0.05) is 47.6 Å². The van der Waals surface area contributed by atoms with Gasteiger partial charge in [-0.2, -0.15) is 4.37 Å². The Morgan fingerprint density at radius 2 is 2.20 bits per heavy atom. The van der Waals surface area contributed by atoms with E-state index in [0.717, 1.165) is 11.3 Å². The second-order valence-corrected chi connectivity index (χ2v) is 6.01. The summed E-state index contributed by atoms with van der Waals surface area (Å²) in [5.41, 5.74) is 1.07. The van der Waals surface area contributed by atoms with Crippen molar-refractivity contribution in [1.29, 1.82) is 0 Å². The summed E-state index contributed by atoms with van der Waals surface area (Å²) in [7, 11) is 1.64. The number of nitrogens with zero attached hydrogens (tertiary/aromatic N) is 1. The first-order valence-electron chi connectivity index (χ1n) is 5.78. The molecule has 2 rings (SSSR count). The van der Waals surface area contributed by atoms with Crippen LogP contribution in [0.2, 0.25) is 10.2 Å². The van der Waals surface area contributed by atoms with Gasteiger partial charge in [-0.3, -0.25) is 0 Å². The van der Waals surface area contributed by atoms with Crippen molar-refractivity contribution < 1.29 is 4.74 Å². The first-order chi connectivity index (χ1) is 9.52. The third kappa shape index (κ3) is 3.41. The van der Waals surface area contributed by atoms with Gasteiger partial charge in [0.2, 0.25) is 0 Å². The third-order valence-corrected chi connectivity index (χ3v) is 5.01. The van der Waals surface area contributed by atoms with Gasteiger partial charge in [0.15, 0.2) is 5.15 Å². The number of ether oxygens (including phenoxy) is 1. The summed E-state index contributed by atoms with van der Waals surface area (Å²) in [5.74, 6) is 0.806. The molecule has 1 aromatic heterocycles. The van der Waals surface area contributed by atoms with Crippen molar-refractivity contribution in [2.45, 2.75) is 13.0 Å². The molecule has 106 valence electrons. The summed E-state index contributed by atoms with van der Waals surface area (Å²) in [6.07, 6.45) is 0. The van der Waals surface area contributed by atoms with Gasteiger partial charge in [0.05, 0.1) is 7.11 Å². The van der Waals surface area contributed by atoms with E-state index in [-0.39, 0.29) is 11.2 Å². The average Bonchev–Trinajstić information content (AvgIpc) is 2.79. The van der Waals surface area contributed by atoms with Crippen molar-refractivity contribution in [3.63, 3.8) is 0 Å². The molecule has 0 aliphatic rings. The molecular weight excluding hydrogens is 335 g/mol. The number of hydrogen-bond acceptors (Lipinski definition) is 4. The molecule has 1 heterocycles. The van der Waals surface area contributed by atoms with E-state index >= 15 is 0 Å². The molecule has 3 nitrogen and oxygen atoms in total. The van der Waals surface area contributed by atoms with Crippen LogP contribution in [0.5, 0.6) is 5.75 Å². The fourth-order valence-electron chi connectivity index (χ4n) is 1.66. The van der Waals surface area contributed by atoms with Gasteiger partial charge < -0.3 is 10.1 Å². The largest absolute Gasteiger partial charge is 0.497 e. The summed E-state index contributed by atoms with van der Waals surface area (Å²) in [6.45, 7) is 2.01. The van der Waals surface area contributed by atoms with E-state index in [2.05, 4.69) is 9.69 Å². The van der Waals surface area contributed by atoms with E-state index in [0.29, 0.717) is 14.9 Å². The molecule has 0 spiro atoms. The van der Waals surface area contributed by atoms with Crippen LogP contribution in [0.4, 0.5) is 0 Å². The van der Waals surface area contributed by atoms with E-state index in [1.165, 1.54) is 11.5 Å². The smallest absolute Gasteiger partial charge is 0.162 e. The SMILES string of the molecule is COc1cccc([C@@H](C)NC(=S)c2snc(Cl)c2Cl)c1. The van der Waals surface area contributed by atoms with E-state index in [1.807, 2.05) is 31.2 Å². The molecular formula is C13H12Cl2N2OS2. The molecule has 0 radical (unpaired) electrons. The third-order valence-electron chi connectivity index (χ3n) is 2.75. The lowest BCUT2D eigenvalue weighted by Crippen LogP contribution is -2.25. The number of halogens is 2. The normalized spacial score (nSPS) is 12.0. The van der Waals surface area contributed by atoms with Crippen LogP contribution in [0.15, 0.2) is 24.3 Å². The van der Waals surface area contributed by atoms with Crippen molar-refractivity contribution >= 4 is 51.9 Å². The highest BCUT2D eigenvalue weighted by Gasteiger charge is 2.16. The first-order valence-corrected chi connectivity index (χ1v) is 7.72. The molecule has 0 aliphatic heterocycles. The summed E-state index contributed by atoms with van der Waals surface area (Å²) in [6, 6.07) is 7.82. The van der Waals surface area contributed by atoms with Crippen LogP contribution < -0.4 is 10.1 Å². The Morgan fingerprint density at radius 1 is 1.45 bits per heavy atom. The van der Waals surface area contributed by atoms with Gasteiger partial charge in [-0.25, -0.2) is 0 Å². The van der Waals surface area contributed by atoms with Gasteiger partial charge in [0.25, 0.3) is 0 Å². The predicted molar refractivity (Wildman–Crippen MR) is 88.4 cm³/mol. The fraction of sp³-hybridized carbons (Fsp3) is 0.231. The minimum Gasteiger partial charge on any atom is -0.497 e. The zero-order chi connectivity index (χ0) is 14.7. The van der Waals surface area contributed by atoms with Crippen LogP contribution in [-0.4, -0.2) is 16.5 Å². The minimum absolute atomic E-state index is 0.0227. The number of nitrogens with one attached hydrogen (secondary N) is 1. The summed E-state index contributed by atoms with van der Waals surface area (Å²) in [4.78, 5) is 1.22. The fourth-order valence-corrected chi connectivity index (χ4v) is 3.23. The number of methoxy groups -OCH3 is 1. The monoisotopic (exact) mass is 346 g/mol. The Bertz CT molecular complexity index is 631. The average molecular weight is 347 g/mol. The summed E-state index contributed by atoms with van der Waals surface area (Å²) in [5, 5.41) is 3.90. The number of aromatic nitrogens is 1. The molecule has 0 unspecified atom stereocenters. The number of hydrogen-bond donors (Lipinski definition) is 1. The zero-order valence-electron chi connectivity index (χ0n) is 10.8. The number of benzene rings is 1. The molecule has 2 aromatic rings. The molecule has 0 fully saturated rings. The van der Waals surface area contributed by atoms with Gasteiger partial charge in [-0.05, 0) is 36.2 Å². The molecule has 1 N–H and O–H groups in total. The van der Waals surface area contributed by atoms with Gasteiger partial charge in [0.1, 0.15) is 20.6 Å². The first kappa shape index (κ1) is 15.5. The topological polar surface area (TPSA) is 34.1 Å². The van der Waals surface area contributed by atoms with Crippen LogP contribution in [-0.2, 0) is 0 Å². The van der Waals surface area contributed by atoms with Crippen molar-refractivity contribution in [2.75, 3.05) is 7.11 Å². The maximum atomic E-state index is 6.05. The van der Waals surface area contributed by atoms with Crippen molar-refractivity contribution in [3.8, 4) is 5.75 Å². The molecule has 0 saturated heterocycles. The van der Waals surface area contributed by atoms with Crippen LogP contribution in [0.1, 0.15) is 23.4 Å². The predicted octanol–water partition coefficient (Wildman–Crippen LogP) is 4.48. The van der Waals surface area contributed by atoms with E-state index in [4.69, 9.17) is 40.2 Å².